The smallest absolute Gasteiger partial charge is 0.167 e. The maximum Gasteiger partial charge on any atom is 0.167 e. The molecule has 0 radical (unpaired) electrons. The lowest BCUT2D eigenvalue weighted by atomic mass is 9.69. The predicted molar refractivity (Wildman–Crippen MR) is 125 cm³/mol. The summed E-state index contributed by atoms with van der Waals surface area (Å²) in [6.07, 6.45) is 1.59. The lowest BCUT2D eigenvalue weighted by molar-refractivity contribution is 0.0993. The number of carbonyl (C=O) groups excluding carboxylic acids is 1. The highest BCUT2D eigenvalue weighted by Gasteiger charge is 2.30. The Hall–Kier alpha value is -2.41. The fourth-order valence-corrected chi connectivity index (χ4v) is 4.05. The molecule has 0 saturated carbocycles. The molecule has 0 amide bonds. The van der Waals surface area contributed by atoms with Crippen LogP contribution in [0.2, 0.25) is 0 Å². The highest BCUT2D eigenvalue weighted by molar-refractivity contribution is 6.01. The summed E-state index contributed by atoms with van der Waals surface area (Å²) >= 11 is 0. The Labute approximate surface area is 176 Å². The Bertz CT molecular complexity index is 981. The minimum absolute atomic E-state index is 0.172. The van der Waals surface area contributed by atoms with Crippen molar-refractivity contribution in [2.24, 2.45) is 10.8 Å². The molecule has 1 atom stereocenters. The van der Waals surface area contributed by atoms with Gasteiger partial charge in [0, 0.05) is 12.0 Å². The standard InChI is InChI=1S/C28H34O/c1-27(2,3)19-25(28(4,5)6)22-13-11-20(12-14-22)17-26(29)24-16-15-21-9-7-8-10-23(21)18-24/h7-16,18,25H,17,19H2,1-6H3. The van der Waals surface area contributed by atoms with E-state index < -0.39 is 0 Å². The van der Waals surface area contributed by atoms with Crippen LogP contribution in [0.3, 0.4) is 0 Å². The molecule has 1 nitrogen and oxygen atoms in total. The molecule has 152 valence electrons. The third-order valence-electron chi connectivity index (χ3n) is 5.68. The van der Waals surface area contributed by atoms with Crippen molar-refractivity contribution in [1.82, 2.24) is 0 Å². The second-order valence-corrected chi connectivity index (χ2v) is 10.6. The fraction of sp³-hybridized carbons (Fsp3) is 0.393. The summed E-state index contributed by atoms with van der Waals surface area (Å²) in [6.45, 7) is 13.9. The van der Waals surface area contributed by atoms with Crippen molar-refractivity contribution in [1.29, 1.82) is 0 Å². The van der Waals surface area contributed by atoms with E-state index in [0.29, 0.717) is 12.3 Å². The number of fused-ring (bicyclic) bond motifs is 1. The van der Waals surface area contributed by atoms with E-state index in [0.717, 1.165) is 22.9 Å². The van der Waals surface area contributed by atoms with Crippen molar-refractivity contribution in [3.63, 3.8) is 0 Å². The van der Waals surface area contributed by atoms with Gasteiger partial charge in [-0.2, -0.15) is 0 Å². The van der Waals surface area contributed by atoms with Crippen LogP contribution in [0.15, 0.2) is 66.7 Å². The Morgan fingerprint density at radius 2 is 1.41 bits per heavy atom. The van der Waals surface area contributed by atoms with Crippen molar-refractivity contribution >= 4 is 16.6 Å². The second-order valence-electron chi connectivity index (χ2n) is 10.6. The molecule has 3 rings (SSSR count). The van der Waals surface area contributed by atoms with Crippen molar-refractivity contribution in [2.75, 3.05) is 0 Å². The fourth-order valence-electron chi connectivity index (χ4n) is 4.05. The van der Waals surface area contributed by atoms with Gasteiger partial charge in [-0.1, -0.05) is 102 Å². The van der Waals surface area contributed by atoms with E-state index in [9.17, 15) is 4.79 Å². The quantitative estimate of drug-likeness (QED) is 0.408. The zero-order valence-electron chi connectivity index (χ0n) is 18.8. The maximum atomic E-state index is 12.8. The molecule has 0 aliphatic heterocycles. The Balaban J connectivity index is 1.77. The molecule has 0 aromatic heterocycles. The van der Waals surface area contributed by atoms with E-state index in [-0.39, 0.29) is 16.6 Å². The van der Waals surface area contributed by atoms with Gasteiger partial charge in [0.2, 0.25) is 0 Å². The van der Waals surface area contributed by atoms with Gasteiger partial charge in [-0.15, -0.1) is 0 Å². The van der Waals surface area contributed by atoms with Gasteiger partial charge in [0.1, 0.15) is 0 Å². The molecular weight excluding hydrogens is 352 g/mol. The first kappa shape index (κ1) is 21.3. The van der Waals surface area contributed by atoms with Crippen molar-refractivity contribution in [3.8, 4) is 0 Å². The van der Waals surface area contributed by atoms with Crippen LogP contribution in [0, 0.1) is 10.8 Å². The van der Waals surface area contributed by atoms with Gasteiger partial charge in [0.25, 0.3) is 0 Å². The molecule has 1 unspecified atom stereocenters. The minimum atomic E-state index is 0.172. The average Bonchev–Trinajstić information content (AvgIpc) is 2.65. The maximum absolute atomic E-state index is 12.8. The molecule has 0 fully saturated rings. The summed E-state index contributed by atoms with van der Waals surface area (Å²) in [5.41, 5.74) is 3.72. The average molecular weight is 387 g/mol. The molecule has 3 aromatic carbocycles. The van der Waals surface area contributed by atoms with Gasteiger partial charge in [-0.3, -0.25) is 4.79 Å². The van der Waals surface area contributed by atoms with Crippen molar-refractivity contribution in [3.05, 3.63) is 83.4 Å². The molecule has 0 spiro atoms. The summed E-state index contributed by atoms with van der Waals surface area (Å²) in [7, 11) is 0. The van der Waals surface area contributed by atoms with Crippen molar-refractivity contribution < 1.29 is 4.79 Å². The second kappa shape index (κ2) is 8.14. The number of rotatable bonds is 5. The van der Waals surface area contributed by atoms with E-state index >= 15 is 0 Å². The number of hydrogen-bond acceptors (Lipinski definition) is 1. The van der Waals surface area contributed by atoms with Crippen molar-refractivity contribution in [2.45, 2.75) is 60.3 Å². The third kappa shape index (κ3) is 5.56. The topological polar surface area (TPSA) is 17.1 Å². The third-order valence-corrected chi connectivity index (χ3v) is 5.68. The van der Waals surface area contributed by atoms with E-state index in [4.69, 9.17) is 0 Å². The molecule has 0 saturated heterocycles. The van der Waals surface area contributed by atoms with Gasteiger partial charge >= 0.3 is 0 Å². The van der Waals surface area contributed by atoms with Crippen LogP contribution < -0.4 is 0 Å². The van der Waals surface area contributed by atoms with Gasteiger partial charge in [0.15, 0.2) is 5.78 Å². The molecule has 0 aliphatic carbocycles. The molecule has 0 N–H and O–H groups in total. The molecule has 3 aromatic rings. The van der Waals surface area contributed by atoms with Crippen LogP contribution in [0.25, 0.3) is 10.8 Å². The first-order chi connectivity index (χ1) is 13.5. The van der Waals surface area contributed by atoms with Gasteiger partial charge < -0.3 is 0 Å². The highest BCUT2D eigenvalue weighted by atomic mass is 16.1. The molecular formula is C28H34O. The summed E-state index contributed by atoms with van der Waals surface area (Å²) in [5.74, 6) is 0.665. The molecule has 0 heterocycles. The van der Waals surface area contributed by atoms with Crippen LogP contribution in [0.4, 0.5) is 0 Å². The molecule has 1 heteroatoms. The Kier molecular flexibility index (Phi) is 5.98. The van der Waals surface area contributed by atoms with Crippen LogP contribution in [0.5, 0.6) is 0 Å². The number of benzene rings is 3. The molecule has 29 heavy (non-hydrogen) atoms. The summed E-state index contributed by atoms with van der Waals surface area (Å²) in [5, 5.41) is 2.28. The van der Waals surface area contributed by atoms with Gasteiger partial charge in [-0.05, 0) is 51.1 Å². The van der Waals surface area contributed by atoms with Crippen LogP contribution in [0.1, 0.15) is 75.4 Å². The Morgan fingerprint density at radius 3 is 2.00 bits per heavy atom. The monoisotopic (exact) mass is 386 g/mol. The van der Waals surface area contributed by atoms with Gasteiger partial charge in [-0.25, -0.2) is 0 Å². The minimum Gasteiger partial charge on any atom is -0.294 e. The van der Waals surface area contributed by atoms with Crippen LogP contribution in [-0.2, 0) is 6.42 Å². The summed E-state index contributed by atoms with van der Waals surface area (Å²) < 4.78 is 0. The number of hydrogen-bond donors (Lipinski definition) is 0. The summed E-state index contributed by atoms with van der Waals surface area (Å²) in [6, 6.07) is 22.9. The lowest BCUT2D eigenvalue weighted by Crippen LogP contribution is -2.23. The first-order valence-electron chi connectivity index (χ1n) is 10.6. The number of ketones is 1. The highest BCUT2D eigenvalue weighted by Crippen LogP contribution is 2.43. The zero-order chi connectivity index (χ0) is 21.2. The molecule has 0 bridgehead atoms. The largest absolute Gasteiger partial charge is 0.294 e. The van der Waals surface area contributed by atoms with E-state index in [1.807, 2.05) is 30.3 Å². The number of carbonyl (C=O) groups is 1. The van der Waals surface area contributed by atoms with Crippen LogP contribution in [-0.4, -0.2) is 5.78 Å². The first-order valence-corrected chi connectivity index (χ1v) is 10.6. The normalized spacial score (nSPS) is 13.4. The lowest BCUT2D eigenvalue weighted by Gasteiger charge is -2.36. The molecule has 0 aliphatic rings. The summed E-state index contributed by atoms with van der Waals surface area (Å²) in [4.78, 5) is 12.8. The van der Waals surface area contributed by atoms with E-state index in [2.05, 4.69) is 77.9 Å². The SMILES string of the molecule is CC(C)(C)CC(c1ccc(CC(=O)c2ccc3ccccc3c2)cc1)C(C)(C)C. The predicted octanol–water partition coefficient (Wildman–Crippen LogP) is 7.83. The Morgan fingerprint density at radius 1 is 0.793 bits per heavy atom. The van der Waals surface area contributed by atoms with E-state index in [1.54, 1.807) is 0 Å². The number of Topliss-reactive ketones (excluding diaryl/α,β-unsaturated/α-hetero) is 1. The van der Waals surface area contributed by atoms with Crippen LogP contribution >= 0.6 is 0 Å². The van der Waals surface area contributed by atoms with E-state index in [1.165, 1.54) is 10.9 Å². The zero-order valence-corrected chi connectivity index (χ0v) is 18.8. The van der Waals surface area contributed by atoms with Gasteiger partial charge in [0.05, 0.1) is 0 Å².